The molecule has 0 fully saturated rings. The second kappa shape index (κ2) is 6.61. The molecule has 1 aromatic carbocycles. The topological polar surface area (TPSA) is 92.5 Å². The average molecular weight is 310 g/mol. The van der Waals surface area contributed by atoms with Crippen molar-refractivity contribution in [2.24, 2.45) is 5.10 Å². The van der Waals surface area contributed by atoms with Crippen LogP contribution in [-0.2, 0) is 0 Å². The molecule has 7 heteroatoms. The summed E-state index contributed by atoms with van der Waals surface area (Å²) in [6, 6.07) is 12.5. The molecule has 0 saturated heterocycles. The smallest absolute Gasteiger partial charge is 0.289 e. The third kappa shape index (κ3) is 3.46. The van der Waals surface area contributed by atoms with Crippen LogP contribution in [0, 0.1) is 0 Å². The van der Waals surface area contributed by atoms with Crippen LogP contribution >= 0.6 is 0 Å². The molecule has 7 nitrogen and oxygen atoms in total. The number of furan rings is 1. The predicted octanol–water partition coefficient (Wildman–Crippen LogP) is 2.44. The standard InChI is InChI=1S/C16H14N4O3/c1-22-12-5-2-4-11(8-12)14-9-15(19-18-14)16(21)20-17-10-13-6-3-7-23-13/h2-10H,1H3,(H,18,19)(H,20,21)/b17-10+. The Bertz CT molecular complexity index is 821. The van der Waals surface area contributed by atoms with Gasteiger partial charge in [0.25, 0.3) is 5.91 Å². The van der Waals surface area contributed by atoms with Crippen molar-refractivity contribution >= 4 is 12.1 Å². The highest BCUT2D eigenvalue weighted by atomic mass is 16.5. The lowest BCUT2D eigenvalue weighted by atomic mass is 10.1. The number of aromatic nitrogens is 2. The van der Waals surface area contributed by atoms with Gasteiger partial charge in [-0.05, 0) is 30.3 Å². The van der Waals surface area contributed by atoms with Crippen LogP contribution in [0.15, 0.2) is 58.2 Å². The van der Waals surface area contributed by atoms with Crippen molar-refractivity contribution in [1.82, 2.24) is 15.6 Å². The van der Waals surface area contributed by atoms with Crippen molar-refractivity contribution in [3.8, 4) is 17.0 Å². The van der Waals surface area contributed by atoms with Gasteiger partial charge in [0.1, 0.15) is 17.2 Å². The Hall–Kier alpha value is -3.35. The summed E-state index contributed by atoms with van der Waals surface area (Å²) in [7, 11) is 1.60. The number of ether oxygens (including phenoxy) is 1. The summed E-state index contributed by atoms with van der Waals surface area (Å²) < 4.78 is 10.2. The van der Waals surface area contributed by atoms with Crippen LogP contribution in [0.3, 0.4) is 0 Å². The molecular weight excluding hydrogens is 296 g/mol. The Labute approximate surface area is 132 Å². The maximum absolute atomic E-state index is 12.0. The minimum absolute atomic E-state index is 0.305. The first kappa shape index (κ1) is 14.6. The number of nitrogens with zero attached hydrogens (tertiary/aromatic N) is 2. The highest BCUT2D eigenvalue weighted by Gasteiger charge is 2.10. The molecule has 0 saturated carbocycles. The second-order valence-electron chi connectivity index (χ2n) is 4.61. The summed E-state index contributed by atoms with van der Waals surface area (Å²) in [6.07, 6.45) is 2.94. The number of rotatable bonds is 5. The van der Waals surface area contributed by atoms with Crippen LogP contribution in [0.5, 0.6) is 5.75 Å². The number of carbonyl (C=O) groups is 1. The molecule has 2 N–H and O–H groups in total. The first-order valence-electron chi connectivity index (χ1n) is 6.83. The number of hydrazone groups is 1. The lowest BCUT2D eigenvalue weighted by Gasteiger charge is -2.00. The van der Waals surface area contributed by atoms with Gasteiger partial charge in [0.2, 0.25) is 0 Å². The lowest BCUT2D eigenvalue weighted by molar-refractivity contribution is 0.0950. The largest absolute Gasteiger partial charge is 0.497 e. The van der Waals surface area contributed by atoms with Crippen molar-refractivity contribution < 1.29 is 13.9 Å². The molecule has 2 heterocycles. The number of nitrogens with one attached hydrogen (secondary N) is 2. The van der Waals surface area contributed by atoms with E-state index < -0.39 is 5.91 Å². The van der Waals surface area contributed by atoms with E-state index in [0.29, 0.717) is 17.1 Å². The maximum atomic E-state index is 12.0. The molecule has 0 aliphatic heterocycles. The number of methoxy groups -OCH3 is 1. The van der Waals surface area contributed by atoms with Gasteiger partial charge in [-0.25, -0.2) is 5.43 Å². The summed E-state index contributed by atoms with van der Waals surface area (Å²) in [6.45, 7) is 0. The molecular formula is C16H14N4O3. The zero-order valence-electron chi connectivity index (χ0n) is 12.3. The number of hydrogen-bond donors (Lipinski definition) is 2. The van der Waals surface area contributed by atoms with Gasteiger partial charge in [-0.1, -0.05) is 12.1 Å². The monoisotopic (exact) mass is 310 g/mol. The number of amides is 1. The van der Waals surface area contributed by atoms with Crippen LogP contribution in [-0.4, -0.2) is 29.4 Å². The van der Waals surface area contributed by atoms with E-state index in [1.165, 1.54) is 12.5 Å². The Balaban J connectivity index is 1.69. The van der Waals surface area contributed by atoms with Crippen molar-refractivity contribution in [1.29, 1.82) is 0 Å². The molecule has 23 heavy (non-hydrogen) atoms. The van der Waals surface area contributed by atoms with Crippen molar-refractivity contribution in [3.63, 3.8) is 0 Å². The van der Waals surface area contributed by atoms with Gasteiger partial charge in [0.15, 0.2) is 0 Å². The Morgan fingerprint density at radius 3 is 3.04 bits per heavy atom. The fourth-order valence-electron chi connectivity index (χ4n) is 1.95. The third-order valence-corrected chi connectivity index (χ3v) is 3.09. The van der Waals surface area contributed by atoms with E-state index in [1.807, 2.05) is 24.3 Å². The van der Waals surface area contributed by atoms with Crippen molar-refractivity contribution in [2.75, 3.05) is 7.11 Å². The van der Waals surface area contributed by atoms with Crippen LogP contribution in [0.25, 0.3) is 11.3 Å². The minimum Gasteiger partial charge on any atom is -0.497 e. The first-order chi connectivity index (χ1) is 11.3. The number of aromatic amines is 1. The van der Waals surface area contributed by atoms with Gasteiger partial charge in [0, 0.05) is 5.56 Å². The van der Waals surface area contributed by atoms with Crippen LogP contribution in [0.4, 0.5) is 0 Å². The van der Waals surface area contributed by atoms with Gasteiger partial charge < -0.3 is 9.15 Å². The van der Waals surface area contributed by atoms with Gasteiger partial charge >= 0.3 is 0 Å². The van der Waals surface area contributed by atoms with E-state index in [4.69, 9.17) is 9.15 Å². The molecule has 3 aromatic rings. The van der Waals surface area contributed by atoms with Gasteiger partial charge in [-0.3, -0.25) is 9.89 Å². The lowest BCUT2D eigenvalue weighted by Crippen LogP contribution is -2.17. The summed E-state index contributed by atoms with van der Waals surface area (Å²) in [4.78, 5) is 12.0. The van der Waals surface area contributed by atoms with Gasteiger partial charge in [-0.15, -0.1) is 0 Å². The Morgan fingerprint density at radius 2 is 2.26 bits per heavy atom. The number of benzene rings is 1. The fourth-order valence-corrected chi connectivity index (χ4v) is 1.95. The highest BCUT2D eigenvalue weighted by Crippen LogP contribution is 2.22. The summed E-state index contributed by atoms with van der Waals surface area (Å²) in [5.74, 6) is 0.876. The van der Waals surface area contributed by atoms with Crippen LogP contribution < -0.4 is 10.2 Å². The quantitative estimate of drug-likeness (QED) is 0.559. The number of hydrogen-bond acceptors (Lipinski definition) is 5. The molecule has 0 atom stereocenters. The van der Waals surface area contributed by atoms with Crippen molar-refractivity contribution in [3.05, 3.63) is 60.2 Å². The van der Waals surface area contributed by atoms with E-state index in [2.05, 4.69) is 20.7 Å². The zero-order valence-corrected chi connectivity index (χ0v) is 12.3. The van der Waals surface area contributed by atoms with E-state index in [1.54, 1.807) is 25.3 Å². The fraction of sp³-hybridized carbons (Fsp3) is 0.0625. The van der Waals surface area contributed by atoms with E-state index >= 15 is 0 Å². The number of carbonyl (C=O) groups excluding carboxylic acids is 1. The zero-order chi connectivity index (χ0) is 16.1. The maximum Gasteiger partial charge on any atom is 0.289 e. The first-order valence-corrected chi connectivity index (χ1v) is 6.83. The van der Waals surface area contributed by atoms with E-state index in [0.717, 1.165) is 11.3 Å². The molecule has 2 aromatic heterocycles. The highest BCUT2D eigenvalue weighted by molar-refractivity contribution is 5.93. The molecule has 0 spiro atoms. The minimum atomic E-state index is -0.394. The molecule has 0 aliphatic rings. The molecule has 0 unspecified atom stereocenters. The van der Waals surface area contributed by atoms with E-state index in [-0.39, 0.29) is 0 Å². The molecule has 116 valence electrons. The Morgan fingerprint density at radius 1 is 1.35 bits per heavy atom. The van der Waals surface area contributed by atoms with Crippen molar-refractivity contribution in [2.45, 2.75) is 0 Å². The van der Waals surface area contributed by atoms with Gasteiger partial charge in [0.05, 0.1) is 25.3 Å². The number of H-pyrrole nitrogens is 1. The van der Waals surface area contributed by atoms with Gasteiger partial charge in [-0.2, -0.15) is 10.2 Å². The van der Waals surface area contributed by atoms with Crippen LogP contribution in [0.2, 0.25) is 0 Å². The molecule has 0 radical (unpaired) electrons. The molecule has 0 aliphatic carbocycles. The summed E-state index contributed by atoms with van der Waals surface area (Å²) in [5.41, 5.74) is 4.19. The van der Waals surface area contributed by atoms with E-state index in [9.17, 15) is 4.79 Å². The molecule has 1 amide bonds. The SMILES string of the molecule is COc1cccc(-c2cc(C(=O)N/N=C/c3ccco3)[nH]n2)c1. The van der Waals surface area contributed by atoms with Crippen LogP contribution in [0.1, 0.15) is 16.2 Å². The average Bonchev–Trinajstić information content (AvgIpc) is 3.26. The normalized spacial score (nSPS) is 10.8. The molecule has 3 rings (SSSR count). The predicted molar refractivity (Wildman–Crippen MR) is 84.3 cm³/mol. The summed E-state index contributed by atoms with van der Waals surface area (Å²) in [5, 5.41) is 10.6. The Kier molecular flexibility index (Phi) is 4.19. The third-order valence-electron chi connectivity index (χ3n) is 3.09. The summed E-state index contributed by atoms with van der Waals surface area (Å²) >= 11 is 0. The molecule has 0 bridgehead atoms. The second-order valence-corrected chi connectivity index (χ2v) is 4.61.